The monoisotopic (exact) mass is 413 g/mol. The summed E-state index contributed by atoms with van der Waals surface area (Å²) in [5.74, 6) is 0.138. The number of aromatic amines is 1. The summed E-state index contributed by atoms with van der Waals surface area (Å²) in [6.07, 6.45) is 5.17. The van der Waals surface area contributed by atoms with Crippen molar-refractivity contribution < 1.29 is 9.59 Å². The van der Waals surface area contributed by atoms with Gasteiger partial charge in [0, 0.05) is 29.8 Å². The van der Waals surface area contributed by atoms with Crippen LogP contribution in [0.2, 0.25) is 0 Å². The molecule has 5 N–H and O–H groups in total. The third kappa shape index (κ3) is 4.73. The average Bonchev–Trinajstić information content (AvgIpc) is 3.19. The second-order valence-electron chi connectivity index (χ2n) is 6.68. The van der Waals surface area contributed by atoms with E-state index in [0.717, 1.165) is 5.56 Å². The predicted octanol–water partition coefficient (Wildman–Crippen LogP) is 2.89. The van der Waals surface area contributed by atoms with Crippen LogP contribution in [0.5, 0.6) is 0 Å². The van der Waals surface area contributed by atoms with Crippen molar-refractivity contribution in [2.75, 3.05) is 10.6 Å². The van der Waals surface area contributed by atoms with Crippen molar-refractivity contribution in [1.29, 1.82) is 0 Å². The van der Waals surface area contributed by atoms with E-state index >= 15 is 0 Å². The maximum absolute atomic E-state index is 12.2. The second-order valence-corrected chi connectivity index (χ2v) is 6.68. The SMILES string of the molecule is NC(=O)c1c(-c2ccc(NC(=O)Cc3ccncc3)cc2)n[nH]c1Nc1ccccn1. The molecule has 4 aromatic rings. The highest BCUT2D eigenvalue weighted by molar-refractivity contribution is 6.04. The molecule has 154 valence electrons. The second kappa shape index (κ2) is 8.87. The molecule has 2 amide bonds. The Morgan fingerprint density at radius 3 is 2.42 bits per heavy atom. The van der Waals surface area contributed by atoms with Gasteiger partial charge >= 0.3 is 0 Å². The molecule has 0 aliphatic carbocycles. The van der Waals surface area contributed by atoms with Gasteiger partial charge in [-0.2, -0.15) is 5.10 Å². The summed E-state index contributed by atoms with van der Waals surface area (Å²) >= 11 is 0. The van der Waals surface area contributed by atoms with Crippen LogP contribution in [-0.2, 0) is 11.2 Å². The number of carbonyl (C=O) groups is 2. The van der Waals surface area contributed by atoms with E-state index in [1.54, 1.807) is 67.1 Å². The number of nitrogens with zero attached hydrogens (tertiary/aromatic N) is 3. The first-order valence-electron chi connectivity index (χ1n) is 9.45. The molecule has 31 heavy (non-hydrogen) atoms. The molecule has 0 fully saturated rings. The molecule has 0 aliphatic heterocycles. The first-order chi connectivity index (χ1) is 15.1. The van der Waals surface area contributed by atoms with Crippen molar-refractivity contribution in [2.45, 2.75) is 6.42 Å². The van der Waals surface area contributed by atoms with Gasteiger partial charge in [-0.3, -0.25) is 19.7 Å². The number of H-pyrrole nitrogens is 1. The minimum absolute atomic E-state index is 0.140. The number of rotatable bonds is 7. The minimum Gasteiger partial charge on any atom is -0.365 e. The Morgan fingerprint density at radius 1 is 0.968 bits per heavy atom. The van der Waals surface area contributed by atoms with Crippen LogP contribution in [0.15, 0.2) is 73.2 Å². The van der Waals surface area contributed by atoms with E-state index < -0.39 is 5.91 Å². The highest BCUT2D eigenvalue weighted by Gasteiger charge is 2.20. The normalized spacial score (nSPS) is 10.5. The van der Waals surface area contributed by atoms with Gasteiger partial charge in [-0.15, -0.1) is 0 Å². The maximum atomic E-state index is 12.2. The Bertz CT molecular complexity index is 1190. The van der Waals surface area contributed by atoms with E-state index in [0.29, 0.717) is 28.6 Å². The van der Waals surface area contributed by atoms with Crippen LogP contribution < -0.4 is 16.4 Å². The van der Waals surface area contributed by atoms with Gasteiger partial charge in [-0.25, -0.2) is 4.98 Å². The van der Waals surface area contributed by atoms with Gasteiger partial charge in [0.2, 0.25) is 5.91 Å². The van der Waals surface area contributed by atoms with Crippen molar-refractivity contribution in [3.8, 4) is 11.3 Å². The first-order valence-corrected chi connectivity index (χ1v) is 9.45. The average molecular weight is 413 g/mol. The molecule has 1 aromatic carbocycles. The molecule has 0 unspecified atom stereocenters. The molecule has 3 aromatic heterocycles. The van der Waals surface area contributed by atoms with E-state index in [1.165, 1.54) is 0 Å². The van der Waals surface area contributed by atoms with Crippen molar-refractivity contribution in [3.05, 3.63) is 84.3 Å². The van der Waals surface area contributed by atoms with Gasteiger partial charge in [0.25, 0.3) is 5.91 Å². The number of primary amides is 1. The third-order valence-corrected chi connectivity index (χ3v) is 4.49. The molecule has 4 rings (SSSR count). The molecular weight excluding hydrogens is 394 g/mol. The Balaban J connectivity index is 1.51. The fraction of sp³-hybridized carbons (Fsp3) is 0.0455. The van der Waals surface area contributed by atoms with Crippen LogP contribution in [0.4, 0.5) is 17.3 Å². The molecule has 9 nitrogen and oxygen atoms in total. The summed E-state index contributed by atoms with van der Waals surface area (Å²) in [5, 5.41) is 12.9. The van der Waals surface area contributed by atoms with Crippen LogP contribution >= 0.6 is 0 Å². The topological polar surface area (TPSA) is 139 Å². The van der Waals surface area contributed by atoms with Gasteiger partial charge in [0.15, 0.2) is 0 Å². The number of pyridine rings is 2. The standard InChI is InChI=1S/C22H19N7O2/c23-21(31)19-20(28-29-22(19)27-17-3-1-2-10-25-17)15-4-6-16(7-5-15)26-18(30)13-14-8-11-24-12-9-14/h1-12H,13H2,(H2,23,31)(H,26,30)(H2,25,27,28,29). The molecule has 0 radical (unpaired) electrons. The van der Waals surface area contributed by atoms with Crippen LogP contribution in [0.25, 0.3) is 11.3 Å². The Hall–Kier alpha value is -4.53. The summed E-state index contributed by atoms with van der Waals surface area (Å²) in [7, 11) is 0. The van der Waals surface area contributed by atoms with E-state index in [-0.39, 0.29) is 17.9 Å². The summed E-state index contributed by atoms with van der Waals surface area (Å²) in [6.45, 7) is 0. The van der Waals surface area contributed by atoms with E-state index in [9.17, 15) is 9.59 Å². The molecule has 9 heteroatoms. The summed E-state index contributed by atoms with van der Waals surface area (Å²) in [4.78, 5) is 32.4. The summed E-state index contributed by atoms with van der Waals surface area (Å²) in [6, 6.07) is 16.0. The molecular formula is C22H19N7O2. The molecule has 0 spiro atoms. The quantitative estimate of drug-likeness (QED) is 0.367. The van der Waals surface area contributed by atoms with Crippen LogP contribution in [0, 0.1) is 0 Å². The highest BCUT2D eigenvalue weighted by atomic mass is 16.2. The van der Waals surface area contributed by atoms with Crippen LogP contribution in [-0.4, -0.2) is 32.0 Å². The number of benzene rings is 1. The number of anilines is 3. The molecule has 0 aliphatic rings. The lowest BCUT2D eigenvalue weighted by atomic mass is 10.1. The molecule has 3 heterocycles. The van der Waals surface area contributed by atoms with Gasteiger partial charge in [-0.1, -0.05) is 18.2 Å². The molecule has 0 saturated carbocycles. The fourth-order valence-electron chi connectivity index (χ4n) is 3.05. The summed E-state index contributed by atoms with van der Waals surface area (Å²) < 4.78 is 0. The smallest absolute Gasteiger partial charge is 0.254 e. The van der Waals surface area contributed by atoms with Gasteiger partial charge < -0.3 is 16.4 Å². The maximum Gasteiger partial charge on any atom is 0.254 e. The van der Waals surface area contributed by atoms with Gasteiger partial charge in [-0.05, 0) is 42.0 Å². The van der Waals surface area contributed by atoms with E-state index in [2.05, 4.69) is 30.8 Å². The number of amides is 2. The van der Waals surface area contributed by atoms with Crippen LogP contribution in [0.1, 0.15) is 15.9 Å². The van der Waals surface area contributed by atoms with Crippen molar-refractivity contribution in [2.24, 2.45) is 5.73 Å². The molecule has 0 atom stereocenters. The molecule has 0 saturated heterocycles. The number of carbonyl (C=O) groups excluding carboxylic acids is 2. The number of aromatic nitrogens is 4. The van der Waals surface area contributed by atoms with Crippen molar-refractivity contribution in [3.63, 3.8) is 0 Å². The van der Waals surface area contributed by atoms with E-state index in [4.69, 9.17) is 5.73 Å². The lowest BCUT2D eigenvalue weighted by molar-refractivity contribution is -0.115. The Labute approximate surface area is 177 Å². The van der Waals surface area contributed by atoms with Gasteiger partial charge in [0.05, 0.1) is 6.42 Å². The fourth-order valence-corrected chi connectivity index (χ4v) is 3.05. The third-order valence-electron chi connectivity index (χ3n) is 4.49. The number of hydrogen-bond acceptors (Lipinski definition) is 6. The van der Waals surface area contributed by atoms with Gasteiger partial charge in [0.1, 0.15) is 22.9 Å². The number of hydrogen-bond donors (Lipinski definition) is 4. The Morgan fingerprint density at radius 2 is 1.74 bits per heavy atom. The minimum atomic E-state index is -0.628. The Kier molecular flexibility index (Phi) is 5.66. The summed E-state index contributed by atoms with van der Waals surface area (Å²) in [5.41, 5.74) is 8.40. The zero-order chi connectivity index (χ0) is 21.6. The van der Waals surface area contributed by atoms with Crippen molar-refractivity contribution in [1.82, 2.24) is 20.2 Å². The highest BCUT2D eigenvalue weighted by Crippen LogP contribution is 2.29. The lowest BCUT2D eigenvalue weighted by Gasteiger charge is -2.07. The van der Waals surface area contributed by atoms with Crippen LogP contribution in [0.3, 0.4) is 0 Å². The number of nitrogens with one attached hydrogen (secondary N) is 3. The largest absolute Gasteiger partial charge is 0.365 e. The van der Waals surface area contributed by atoms with E-state index in [1.807, 2.05) is 6.07 Å². The lowest BCUT2D eigenvalue weighted by Crippen LogP contribution is -2.14. The zero-order valence-electron chi connectivity index (χ0n) is 16.4. The van der Waals surface area contributed by atoms with Crippen molar-refractivity contribution >= 4 is 29.1 Å². The zero-order valence-corrected chi connectivity index (χ0v) is 16.4. The molecule has 0 bridgehead atoms. The first kappa shape index (κ1) is 19.8. The number of nitrogens with two attached hydrogens (primary N) is 1. The predicted molar refractivity (Wildman–Crippen MR) is 117 cm³/mol.